The Bertz CT molecular complexity index is 1250. The van der Waals surface area contributed by atoms with Crippen LogP contribution in [0.1, 0.15) is 29.5 Å². The van der Waals surface area contributed by atoms with Crippen molar-refractivity contribution in [3.05, 3.63) is 81.8 Å². The lowest BCUT2D eigenvalue weighted by Crippen LogP contribution is -2.34. The summed E-state index contributed by atoms with van der Waals surface area (Å²) in [6.07, 6.45) is 3.60. The zero-order chi connectivity index (χ0) is 23.2. The van der Waals surface area contributed by atoms with Gasteiger partial charge in [0.15, 0.2) is 0 Å². The molecule has 1 saturated heterocycles. The van der Waals surface area contributed by atoms with E-state index in [0.29, 0.717) is 38.9 Å². The summed E-state index contributed by atoms with van der Waals surface area (Å²) >= 11 is 0. The average molecular weight is 457 g/mol. The van der Waals surface area contributed by atoms with Crippen molar-refractivity contribution in [2.45, 2.75) is 38.3 Å². The topological polar surface area (TPSA) is 62.6 Å². The minimum Gasteiger partial charge on any atom is -0.475 e. The highest BCUT2D eigenvalue weighted by molar-refractivity contribution is 5.67. The zero-order valence-corrected chi connectivity index (χ0v) is 19.2. The molecule has 0 bridgehead atoms. The number of hydrogen-bond donors (Lipinski definition) is 0. The van der Waals surface area contributed by atoms with Crippen molar-refractivity contribution in [3.63, 3.8) is 0 Å². The largest absolute Gasteiger partial charge is 0.475 e. The van der Waals surface area contributed by atoms with Crippen LogP contribution in [0.5, 0.6) is 5.88 Å². The number of unbranched alkanes of at least 4 members (excludes halogenated alkanes) is 1. The van der Waals surface area contributed by atoms with Crippen LogP contribution in [0.2, 0.25) is 0 Å². The summed E-state index contributed by atoms with van der Waals surface area (Å²) in [5, 5.41) is 0. The lowest BCUT2D eigenvalue weighted by atomic mass is 9.95. The number of rotatable bonds is 6. The molecule has 2 aliphatic rings. The van der Waals surface area contributed by atoms with Gasteiger partial charge in [-0.25, -0.2) is 4.79 Å². The van der Waals surface area contributed by atoms with Gasteiger partial charge in [0.1, 0.15) is 12.7 Å². The van der Waals surface area contributed by atoms with E-state index in [1.807, 2.05) is 18.2 Å². The second kappa shape index (κ2) is 10.7. The summed E-state index contributed by atoms with van der Waals surface area (Å²) in [6, 6.07) is 18.6. The Kier molecular flexibility index (Phi) is 7.04. The van der Waals surface area contributed by atoms with Crippen molar-refractivity contribution in [1.29, 1.82) is 0 Å². The van der Waals surface area contributed by atoms with E-state index in [4.69, 9.17) is 14.2 Å². The van der Waals surface area contributed by atoms with Crippen LogP contribution in [0.3, 0.4) is 0 Å². The highest BCUT2D eigenvalue weighted by Gasteiger charge is 2.20. The molecule has 0 amide bonds. The van der Waals surface area contributed by atoms with E-state index in [0.717, 1.165) is 42.5 Å². The van der Waals surface area contributed by atoms with Crippen LogP contribution in [0.4, 0.5) is 0 Å². The number of hydrogen-bond acceptors (Lipinski definition) is 5. The smallest absolute Gasteiger partial charge is 0.351 e. The van der Waals surface area contributed by atoms with Gasteiger partial charge in [-0.2, -0.15) is 4.98 Å². The minimum absolute atomic E-state index is 0.143. The van der Waals surface area contributed by atoms with Crippen LogP contribution >= 0.6 is 0 Å². The lowest BCUT2D eigenvalue weighted by Gasteiger charge is -2.24. The van der Waals surface area contributed by atoms with E-state index < -0.39 is 0 Å². The number of nitrogens with zero attached hydrogens (tertiary/aromatic N) is 2. The third kappa shape index (κ3) is 5.39. The van der Waals surface area contributed by atoms with E-state index in [1.54, 1.807) is 4.57 Å². The summed E-state index contributed by atoms with van der Waals surface area (Å²) in [6.45, 7) is 2.55. The van der Waals surface area contributed by atoms with Gasteiger partial charge >= 0.3 is 5.69 Å². The van der Waals surface area contributed by atoms with E-state index in [1.165, 1.54) is 11.1 Å². The van der Waals surface area contributed by atoms with E-state index in [9.17, 15) is 4.79 Å². The number of aromatic nitrogens is 2. The van der Waals surface area contributed by atoms with Crippen LogP contribution in [-0.4, -0.2) is 42.1 Å². The zero-order valence-electron chi connectivity index (χ0n) is 19.2. The molecule has 0 radical (unpaired) electrons. The maximum Gasteiger partial charge on any atom is 0.351 e. The molecule has 2 aliphatic heterocycles. The standard InChI is InChI=1S/C28H28N2O4/c31-28-29-27(34-20-24-19-32-15-16-33-24)18-26-25-12-11-22(17-23(25)13-14-30(26)28)10-6-2-5-9-21-7-3-1-4-8-21/h1,3-4,7-8,11-12,17-18,24H,2,5,9,13-16,19-20H2. The van der Waals surface area contributed by atoms with Gasteiger partial charge < -0.3 is 14.2 Å². The molecule has 1 unspecified atom stereocenters. The molecule has 0 N–H and O–H groups in total. The van der Waals surface area contributed by atoms with E-state index in [2.05, 4.69) is 53.2 Å². The molecule has 3 aromatic rings. The first-order valence-electron chi connectivity index (χ1n) is 11.9. The third-order valence-electron chi connectivity index (χ3n) is 6.12. The molecule has 174 valence electrons. The fourth-order valence-corrected chi connectivity index (χ4v) is 4.36. The van der Waals surface area contributed by atoms with Crippen molar-refractivity contribution < 1.29 is 14.2 Å². The van der Waals surface area contributed by atoms with Crippen LogP contribution < -0.4 is 10.4 Å². The molecule has 0 spiro atoms. The van der Waals surface area contributed by atoms with Crippen LogP contribution in [0.15, 0.2) is 59.4 Å². The molecule has 6 nitrogen and oxygen atoms in total. The third-order valence-corrected chi connectivity index (χ3v) is 6.12. The number of aryl methyl sites for hydroxylation is 2. The van der Waals surface area contributed by atoms with Crippen molar-refractivity contribution in [2.24, 2.45) is 0 Å². The molecule has 2 aromatic carbocycles. The first kappa shape index (κ1) is 22.4. The molecule has 3 heterocycles. The number of fused-ring (bicyclic) bond motifs is 3. The van der Waals surface area contributed by atoms with Gasteiger partial charge in [0.2, 0.25) is 5.88 Å². The second-order valence-electron chi connectivity index (χ2n) is 8.56. The fraction of sp³-hybridized carbons (Fsp3) is 0.357. The SMILES string of the molecule is O=c1nc(OCC2COCCO2)cc2n1CCc1cc(C#CCCCc3ccccc3)ccc1-2. The predicted molar refractivity (Wildman–Crippen MR) is 130 cm³/mol. The molecule has 34 heavy (non-hydrogen) atoms. The van der Waals surface area contributed by atoms with Gasteiger partial charge in [-0.3, -0.25) is 4.57 Å². The Morgan fingerprint density at radius 2 is 2.03 bits per heavy atom. The predicted octanol–water partition coefficient (Wildman–Crippen LogP) is 3.64. The van der Waals surface area contributed by atoms with Crippen LogP contribution in [0, 0.1) is 11.8 Å². The molecule has 1 atom stereocenters. The lowest BCUT2D eigenvalue weighted by molar-refractivity contribution is -0.102. The molecule has 5 rings (SSSR count). The van der Waals surface area contributed by atoms with Crippen LogP contribution in [0.25, 0.3) is 11.3 Å². The van der Waals surface area contributed by atoms with Gasteiger partial charge in [0.25, 0.3) is 0 Å². The average Bonchev–Trinajstić information content (AvgIpc) is 2.88. The molecular formula is C28H28N2O4. The van der Waals surface area contributed by atoms with E-state index in [-0.39, 0.29) is 11.8 Å². The van der Waals surface area contributed by atoms with E-state index >= 15 is 0 Å². The monoisotopic (exact) mass is 456 g/mol. The summed E-state index contributed by atoms with van der Waals surface area (Å²) in [5.74, 6) is 6.93. The Morgan fingerprint density at radius 3 is 2.88 bits per heavy atom. The van der Waals surface area contributed by atoms with Gasteiger partial charge in [-0.05, 0) is 42.5 Å². The maximum atomic E-state index is 12.6. The fourth-order valence-electron chi connectivity index (χ4n) is 4.36. The minimum atomic E-state index is -0.291. The quantitative estimate of drug-likeness (QED) is 0.419. The van der Waals surface area contributed by atoms with Crippen molar-refractivity contribution in [1.82, 2.24) is 9.55 Å². The molecule has 1 fully saturated rings. The summed E-state index contributed by atoms with van der Waals surface area (Å²) in [5.41, 5.74) is 5.12. The van der Waals surface area contributed by atoms with Gasteiger partial charge in [-0.1, -0.05) is 48.2 Å². The summed E-state index contributed by atoms with van der Waals surface area (Å²) in [4.78, 5) is 16.7. The molecular weight excluding hydrogens is 428 g/mol. The van der Waals surface area contributed by atoms with Crippen molar-refractivity contribution in [3.8, 4) is 29.0 Å². The maximum absolute atomic E-state index is 12.6. The van der Waals surface area contributed by atoms with Gasteiger partial charge in [-0.15, -0.1) is 0 Å². The molecule has 1 aromatic heterocycles. The highest BCUT2D eigenvalue weighted by atomic mass is 16.6. The number of benzene rings is 2. The normalized spacial score (nSPS) is 16.6. The molecule has 0 aliphatic carbocycles. The van der Waals surface area contributed by atoms with Gasteiger partial charge in [0, 0.05) is 30.2 Å². The molecule has 6 heteroatoms. The van der Waals surface area contributed by atoms with Crippen molar-refractivity contribution >= 4 is 0 Å². The Hall–Kier alpha value is -3.40. The van der Waals surface area contributed by atoms with Crippen molar-refractivity contribution in [2.75, 3.05) is 26.4 Å². The number of ether oxygens (including phenoxy) is 3. The first-order valence-corrected chi connectivity index (χ1v) is 11.9. The summed E-state index contributed by atoms with van der Waals surface area (Å²) in [7, 11) is 0. The second-order valence-corrected chi connectivity index (χ2v) is 8.56. The first-order chi connectivity index (χ1) is 16.8. The Labute approximate surface area is 199 Å². The highest BCUT2D eigenvalue weighted by Crippen LogP contribution is 2.30. The Morgan fingerprint density at radius 1 is 1.12 bits per heavy atom. The van der Waals surface area contributed by atoms with Crippen LogP contribution in [-0.2, 0) is 28.9 Å². The Balaban J connectivity index is 1.26. The van der Waals surface area contributed by atoms with Gasteiger partial charge in [0.05, 0.1) is 25.5 Å². The summed E-state index contributed by atoms with van der Waals surface area (Å²) < 4.78 is 18.5. The molecule has 0 saturated carbocycles.